The Labute approximate surface area is 70.0 Å². The molecule has 0 aromatic carbocycles. The molecule has 0 amide bonds. The summed E-state index contributed by atoms with van der Waals surface area (Å²) in [5, 5.41) is 3.30. The first-order chi connectivity index (χ1) is 5.29. The van der Waals surface area contributed by atoms with Gasteiger partial charge in [-0.25, -0.2) is 0 Å². The van der Waals surface area contributed by atoms with E-state index in [0.717, 1.165) is 12.1 Å². The third kappa shape index (κ3) is 1.94. The molecule has 2 nitrogen and oxygen atoms in total. The standard InChI is InChI=1S/C9H20N2/c1-4-8(5-2)11(3)9-6-10-7-9/h8-10H,4-7H2,1-3H3. The van der Waals surface area contributed by atoms with Crippen molar-refractivity contribution < 1.29 is 0 Å². The van der Waals surface area contributed by atoms with Crippen LogP contribution >= 0.6 is 0 Å². The molecular weight excluding hydrogens is 136 g/mol. The van der Waals surface area contributed by atoms with Gasteiger partial charge in [-0.1, -0.05) is 13.8 Å². The minimum Gasteiger partial charge on any atom is -0.314 e. The van der Waals surface area contributed by atoms with Gasteiger partial charge in [0, 0.05) is 25.2 Å². The molecule has 0 radical (unpaired) electrons. The fourth-order valence-electron chi connectivity index (χ4n) is 1.72. The zero-order valence-electron chi connectivity index (χ0n) is 7.93. The zero-order chi connectivity index (χ0) is 8.27. The van der Waals surface area contributed by atoms with Gasteiger partial charge in [-0.05, 0) is 19.9 Å². The predicted octanol–water partition coefficient (Wildman–Crippen LogP) is 1.08. The maximum absolute atomic E-state index is 3.30. The van der Waals surface area contributed by atoms with Crippen molar-refractivity contribution in [1.29, 1.82) is 0 Å². The molecule has 1 aliphatic rings. The van der Waals surface area contributed by atoms with E-state index in [2.05, 4.69) is 31.1 Å². The summed E-state index contributed by atoms with van der Waals surface area (Å²) in [5.74, 6) is 0. The second-order valence-electron chi connectivity index (χ2n) is 3.45. The molecule has 11 heavy (non-hydrogen) atoms. The molecule has 1 heterocycles. The van der Waals surface area contributed by atoms with Crippen molar-refractivity contribution >= 4 is 0 Å². The highest BCUT2D eigenvalue weighted by Crippen LogP contribution is 2.12. The average molecular weight is 156 g/mol. The topological polar surface area (TPSA) is 15.3 Å². The lowest BCUT2D eigenvalue weighted by Gasteiger charge is -2.40. The quantitative estimate of drug-likeness (QED) is 0.655. The Hall–Kier alpha value is -0.0800. The van der Waals surface area contributed by atoms with Crippen LogP contribution in [0, 0.1) is 0 Å². The molecule has 0 aromatic heterocycles. The summed E-state index contributed by atoms with van der Waals surface area (Å²) in [6.45, 7) is 6.92. The van der Waals surface area contributed by atoms with Gasteiger partial charge in [0.25, 0.3) is 0 Å². The van der Waals surface area contributed by atoms with Crippen molar-refractivity contribution in [1.82, 2.24) is 10.2 Å². The first-order valence-electron chi connectivity index (χ1n) is 4.72. The van der Waals surface area contributed by atoms with Crippen LogP contribution in [0.2, 0.25) is 0 Å². The van der Waals surface area contributed by atoms with E-state index in [1.54, 1.807) is 0 Å². The number of likely N-dealkylation sites (N-methyl/N-ethyl adjacent to an activating group) is 1. The minimum absolute atomic E-state index is 0.794. The van der Waals surface area contributed by atoms with E-state index in [1.165, 1.54) is 25.9 Å². The Kier molecular flexibility index (Phi) is 3.34. The molecule has 1 rings (SSSR count). The normalized spacial score (nSPS) is 19.4. The lowest BCUT2D eigenvalue weighted by molar-refractivity contribution is 0.121. The highest BCUT2D eigenvalue weighted by molar-refractivity contribution is 4.85. The fraction of sp³-hybridized carbons (Fsp3) is 1.00. The minimum atomic E-state index is 0.794. The molecule has 1 saturated heterocycles. The van der Waals surface area contributed by atoms with Crippen molar-refractivity contribution in [3.63, 3.8) is 0 Å². The molecule has 0 bridgehead atoms. The van der Waals surface area contributed by atoms with Crippen molar-refractivity contribution in [2.24, 2.45) is 0 Å². The Morgan fingerprint density at radius 1 is 1.36 bits per heavy atom. The second kappa shape index (κ2) is 4.07. The van der Waals surface area contributed by atoms with E-state index in [-0.39, 0.29) is 0 Å². The van der Waals surface area contributed by atoms with Crippen molar-refractivity contribution in [3.05, 3.63) is 0 Å². The second-order valence-corrected chi connectivity index (χ2v) is 3.45. The van der Waals surface area contributed by atoms with Crippen LogP contribution in [-0.4, -0.2) is 37.1 Å². The van der Waals surface area contributed by atoms with Crippen molar-refractivity contribution in [3.8, 4) is 0 Å². The molecule has 0 unspecified atom stereocenters. The highest BCUT2D eigenvalue weighted by atomic mass is 15.2. The van der Waals surface area contributed by atoms with Crippen molar-refractivity contribution in [2.75, 3.05) is 20.1 Å². The molecule has 0 saturated carbocycles. The van der Waals surface area contributed by atoms with Crippen LogP contribution < -0.4 is 5.32 Å². The summed E-state index contributed by atoms with van der Waals surface area (Å²) in [7, 11) is 2.25. The summed E-state index contributed by atoms with van der Waals surface area (Å²) in [6.07, 6.45) is 2.56. The van der Waals surface area contributed by atoms with E-state index >= 15 is 0 Å². The number of hydrogen-bond acceptors (Lipinski definition) is 2. The van der Waals surface area contributed by atoms with E-state index in [9.17, 15) is 0 Å². The largest absolute Gasteiger partial charge is 0.314 e. The Morgan fingerprint density at radius 2 is 1.91 bits per heavy atom. The van der Waals surface area contributed by atoms with E-state index < -0.39 is 0 Å². The summed E-state index contributed by atoms with van der Waals surface area (Å²) < 4.78 is 0. The van der Waals surface area contributed by atoms with Gasteiger partial charge in [0.15, 0.2) is 0 Å². The molecule has 66 valence electrons. The summed E-state index contributed by atoms with van der Waals surface area (Å²) in [4.78, 5) is 2.52. The van der Waals surface area contributed by atoms with Crippen LogP contribution in [0.3, 0.4) is 0 Å². The Bertz CT molecular complexity index is 106. The van der Waals surface area contributed by atoms with E-state index in [1.807, 2.05) is 0 Å². The number of nitrogens with one attached hydrogen (secondary N) is 1. The van der Waals surface area contributed by atoms with Gasteiger partial charge >= 0.3 is 0 Å². The number of nitrogens with zero attached hydrogens (tertiary/aromatic N) is 1. The SMILES string of the molecule is CCC(CC)N(C)C1CNC1. The van der Waals surface area contributed by atoms with Crippen molar-refractivity contribution in [2.45, 2.75) is 38.8 Å². The van der Waals surface area contributed by atoms with Gasteiger partial charge in [-0.2, -0.15) is 0 Å². The average Bonchev–Trinajstić information content (AvgIpc) is 1.86. The van der Waals surface area contributed by atoms with Crippen LogP contribution in [0.15, 0.2) is 0 Å². The molecule has 1 fully saturated rings. The summed E-state index contributed by atoms with van der Waals surface area (Å²) >= 11 is 0. The molecule has 2 heteroatoms. The van der Waals surface area contributed by atoms with Crippen LogP contribution in [0.1, 0.15) is 26.7 Å². The van der Waals surface area contributed by atoms with Gasteiger partial charge in [0.2, 0.25) is 0 Å². The van der Waals surface area contributed by atoms with Crippen LogP contribution in [0.5, 0.6) is 0 Å². The van der Waals surface area contributed by atoms with Gasteiger partial charge in [-0.15, -0.1) is 0 Å². The summed E-state index contributed by atoms with van der Waals surface area (Å²) in [5.41, 5.74) is 0. The number of hydrogen-bond donors (Lipinski definition) is 1. The van der Waals surface area contributed by atoms with Gasteiger partial charge in [-0.3, -0.25) is 4.90 Å². The maximum atomic E-state index is 3.30. The Morgan fingerprint density at radius 3 is 2.18 bits per heavy atom. The predicted molar refractivity (Wildman–Crippen MR) is 48.8 cm³/mol. The summed E-state index contributed by atoms with van der Waals surface area (Å²) in [6, 6.07) is 1.60. The molecule has 1 aliphatic heterocycles. The first kappa shape index (κ1) is 9.01. The van der Waals surface area contributed by atoms with E-state index in [0.29, 0.717) is 0 Å². The molecule has 0 atom stereocenters. The first-order valence-corrected chi connectivity index (χ1v) is 4.72. The lowest BCUT2D eigenvalue weighted by atomic mass is 10.1. The van der Waals surface area contributed by atoms with Gasteiger partial charge in [0.1, 0.15) is 0 Å². The lowest BCUT2D eigenvalue weighted by Crippen LogP contribution is -2.58. The number of rotatable bonds is 4. The highest BCUT2D eigenvalue weighted by Gasteiger charge is 2.24. The third-order valence-corrected chi connectivity index (χ3v) is 2.85. The monoisotopic (exact) mass is 156 g/mol. The molecular formula is C9H20N2. The van der Waals surface area contributed by atoms with Gasteiger partial charge in [0.05, 0.1) is 0 Å². The van der Waals surface area contributed by atoms with Crippen LogP contribution in [0.25, 0.3) is 0 Å². The fourth-order valence-corrected chi connectivity index (χ4v) is 1.72. The molecule has 0 aliphatic carbocycles. The smallest absolute Gasteiger partial charge is 0.0345 e. The van der Waals surface area contributed by atoms with E-state index in [4.69, 9.17) is 0 Å². The van der Waals surface area contributed by atoms with Crippen LogP contribution in [-0.2, 0) is 0 Å². The van der Waals surface area contributed by atoms with Gasteiger partial charge < -0.3 is 5.32 Å². The molecule has 0 aromatic rings. The third-order valence-electron chi connectivity index (χ3n) is 2.85. The van der Waals surface area contributed by atoms with Crippen LogP contribution in [0.4, 0.5) is 0 Å². The molecule has 0 spiro atoms. The molecule has 1 N–H and O–H groups in total. The Balaban J connectivity index is 2.30. The maximum Gasteiger partial charge on any atom is 0.0345 e. The zero-order valence-corrected chi connectivity index (χ0v) is 7.93.